The van der Waals surface area contributed by atoms with Gasteiger partial charge in [0, 0.05) is 6.04 Å². The SMILES string of the molecule is CC(C)NCc1ccc(COC(C(F)(F)F)C(F)(F)F)o1. The molecule has 0 aliphatic carbocycles. The normalized spacial score (nSPS) is 13.4. The summed E-state index contributed by atoms with van der Waals surface area (Å²) in [7, 11) is 0. The number of nitrogens with one attached hydrogen (secondary N) is 1. The summed E-state index contributed by atoms with van der Waals surface area (Å²) >= 11 is 0. The van der Waals surface area contributed by atoms with E-state index in [0.717, 1.165) is 0 Å². The van der Waals surface area contributed by atoms with Gasteiger partial charge in [-0.15, -0.1) is 0 Å². The Morgan fingerprint density at radius 1 is 1.05 bits per heavy atom. The van der Waals surface area contributed by atoms with Crippen LogP contribution in [0.4, 0.5) is 26.3 Å². The molecule has 1 heterocycles. The van der Waals surface area contributed by atoms with Crippen LogP contribution in [0, 0.1) is 0 Å². The molecule has 3 nitrogen and oxygen atoms in total. The monoisotopic (exact) mass is 319 g/mol. The van der Waals surface area contributed by atoms with Gasteiger partial charge in [-0.1, -0.05) is 13.8 Å². The summed E-state index contributed by atoms with van der Waals surface area (Å²) in [4.78, 5) is 0. The lowest BCUT2D eigenvalue weighted by Crippen LogP contribution is -2.44. The van der Waals surface area contributed by atoms with Gasteiger partial charge < -0.3 is 14.5 Å². The topological polar surface area (TPSA) is 34.4 Å². The first-order chi connectivity index (χ1) is 9.50. The van der Waals surface area contributed by atoms with E-state index in [9.17, 15) is 26.3 Å². The molecule has 122 valence electrons. The van der Waals surface area contributed by atoms with Crippen molar-refractivity contribution in [2.24, 2.45) is 0 Å². The molecule has 0 aliphatic heterocycles. The van der Waals surface area contributed by atoms with E-state index < -0.39 is 25.1 Å². The lowest BCUT2D eigenvalue weighted by molar-refractivity contribution is -0.325. The first-order valence-electron chi connectivity index (χ1n) is 6.06. The van der Waals surface area contributed by atoms with Gasteiger partial charge in [0.2, 0.25) is 6.10 Å². The standard InChI is InChI=1S/C12H15F6NO2/c1-7(2)19-5-8-3-4-9(21-8)6-20-10(11(13,14)15)12(16,17)18/h3-4,7,10,19H,5-6H2,1-2H3. The number of rotatable bonds is 6. The fourth-order valence-corrected chi connectivity index (χ4v) is 1.44. The van der Waals surface area contributed by atoms with E-state index in [1.54, 1.807) is 0 Å². The largest absolute Gasteiger partial charge is 0.462 e. The van der Waals surface area contributed by atoms with Crippen molar-refractivity contribution < 1.29 is 35.5 Å². The first kappa shape index (κ1) is 17.8. The van der Waals surface area contributed by atoms with Gasteiger partial charge in [-0.25, -0.2) is 0 Å². The van der Waals surface area contributed by atoms with Crippen LogP contribution in [0.3, 0.4) is 0 Å². The van der Waals surface area contributed by atoms with Crippen LogP contribution < -0.4 is 5.32 Å². The predicted molar refractivity (Wildman–Crippen MR) is 61.4 cm³/mol. The minimum atomic E-state index is -5.52. The fraction of sp³-hybridized carbons (Fsp3) is 0.667. The van der Waals surface area contributed by atoms with Crippen LogP contribution in [0.2, 0.25) is 0 Å². The Hall–Kier alpha value is -1.22. The van der Waals surface area contributed by atoms with E-state index in [1.165, 1.54) is 12.1 Å². The van der Waals surface area contributed by atoms with Crippen LogP contribution in [0.1, 0.15) is 25.4 Å². The maximum Gasteiger partial charge on any atom is 0.423 e. The number of alkyl halides is 6. The van der Waals surface area contributed by atoms with Gasteiger partial charge in [-0.3, -0.25) is 0 Å². The highest BCUT2D eigenvalue weighted by Gasteiger charge is 2.58. The van der Waals surface area contributed by atoms with Gasteiger partial charge in [-0.05, 0) is 12.1 Å². The number of ether oxygens (including phenoxy) is 1. The van der Waals surface area contributed by atoms with Crippen molar-refractivity contribution in [3.8, 4) is 0 Å². The second kappa shape index (κ2) is 6.69. The molecule has 1 rings (SSSR count). The lowest BCUT2D eigenvalue weighted by Gasteiger charge is -2.22. The Balaban J connectivity index is 2.61. The highest BCUT2D eigenvalue weighted by Crippen LogP contribution is 2.36. The maximum absolute atomic E-state index is 12.2. The van der Waals surface area contributed by atoms with Crippen LogP contribution in [0.15, 0.2) is 16.5 Å². The van der Waals surface area contributed by atoms with Crippen LogP contribution >= 0.6 is 0 Å². The van der Waals surface area contributed by atoms with Crippen LogP contribution in [-0.2, 0) is 17.9 Å². The van der Waals surface area contributed by atoms with Gasteiger partial charge in [0.1, 0.15) is 18.1 Å². The van der Waals surface area contributed by atoms with Crippen LogP contribution in [-0.4, -0.2) is 24.5 Å². The van der Waals surface area contributed by atoms with Crippen molar-refractivity contribution >= 4 is 0 Å². The Morgan fingerprint density at radius 2 is 1.57 bits per heavy atom. The highest BCUT2D eigenvalue weighted by atomic mass is 19.4. The van der Waals surface area contributed by atoms with Gasteiger partial charge in [0.25, 0.3) is 0 Å². The summed E-state index contributed by atoms with van der Waals surface area (Å²) in [6.45, 7) is 3.17. The molecule has 0 saturated heterocycles. The van der Waals surface area contributed by atoms with Crippen molar-refractivity contribution in [2.75, 3.05) is 0 Å². The number of furan rings is 1. The van der Waals surface area contributed by atoms with Crippen molar-refractivity contribution in [2.45, 2.75) is 51.5 Å². The molecule has 21 heavy (non-hydrogen) atoms. The van der Waals surface area contributed by atoms with Gasteiger partial charge in [0.05, 0.1) is 6.54 Å². The molecule has 1 N–H and O–H groups in total. The molecule has 9 heteroatoms. The molecular weight excluding hydrogens is 304 g/mol. The number of hydrogen-bond donors (Lipinski definition) is 1. The zero-order chi connectivity index (χ0) is 16.3. The summed E-state index contributed by atoms with van der Waals surface area (Å²) in [5, 5.41) is 2.99. The molecule has 0 saturated carbocycles. The average Bonchev–Trinajstić information content (AvgIpc) is 2.70. The van der Waals surface area contributed by atoms with Crippen LogP contribution in [0.5, 0.6) is 0 Å². The second-order valence-electron chi connectivity index (χ2n) is 4.68. The Bertz CT molecular complexity index is 424. The third kappa shape index (κ3) is 5.96. The third-order valence-corrected chi connectivity index (χ3v) is 2.39. The fourth-order valence-electron chi connectivity index (χ4n) is 1.44. The maximum atomic E-state index is 12.2. The molecule has 0 aliphatic rings. The zero-order valence-electron chi connectivity index (χ0n) is 11.3. The summed E-state index contributed by atoms with van der Waals surface area (Å²) < 4.78 is 82.5. The number of halogens is 6. The molecular formula is C12H15F6NO2. The van der Waals surface area contributed by atoms with E-state index >= 15 is 0 Å². The number of hydrogen-bond acceptors (Lipinski definition) is 3. The van der Waals surface area contributed by atoms with Gasteiger partial charge in [0.15, 0.2) is 0 Å². The highest BCUT2D eigenvalue weighted by molar-refractivity contribution is 5.06. The zero-order valence-corrected chi connectivity index (χ0v) is 11.3. The molecule has 0 bridgehead atoms. The molecule has 0 amide bonds. The molecule has 0 fully saturated rings. The van der Waals surface area contributed by atoms with E-state index in [0.29, 0.717) is 12.3 Å². The molecule has 0 spiro atoms. The lowest BCUT2D eigenvalue weighted by atomic mass is 10.3. The molecule has 1 aromatic rings. The molecule has 0 unspecified atom stereocenters. The summed E-state index contributed by atoms with van der Waals surface area (Å²) in [5.74, 6) is 0.298. The molecule has 0 atom stereocenters. The third-order valence-electron chi connectivity index (χ3n) is 2.39. The smallest absolute Gasteiger partial charge is 0.423 e. The second-order valence-corrected chi connectivity index (χ2v) is 4.68. The van der Waals surface area contributed by atoms with Crippen molar-refractivity contribution in [1.29, 1.82) is 0 Å². The minimum Gasteiger partial charge on any atom is -0.462 e. The Morgan fingerprint density at radius 3 is 2.05 bits per heavy atom. The summed E-state index contributed by atoms with van der Waals surface area (Å²) in [5.41, 5.74) is 0. The van der Waals surface area contributed by atoms with E-state index in [-0.39, 0.29) is 11.8 Å². The van der Waals surface area contributed by atoms with Crippen molar-refractivity contribution in [3.05, 3.63) is 23.7 Å². The van der Waals surface area contributed by atoms with Gasteiger partial charge in [-0.2, -0.15) is 26.3 Å². The summed E-state index contributed by atoms with van der Waals surface area (Å²) in [6, 6.07) is 2.90. The Kier molecular flexibility index (Phi) is 5.68. The van der Waals surface area contributed by atoms with E-state index in [2.05, 4.69) is 10.1 Å². The Labute approximate surface area is 117 Å². The quantitative estimate of drug-likeness (QED) is 0.810. The van der Waals surface area contributed by atoms with Crippen LogP contribution in [0.25, 0.3) is 0 Å². The molecule has 0 radical (unpaired) electrons. The molecule has 1 aromatic heterocycles. The van der Waals surface area contributed by atoms with Gasteiger partial charge >= 0.3 is 12.4 Å². The average molecular weight is 319 g/mol. The van der Waals surface area contributed by atoms with E-state index in [1.807, 2.05) is 13.8 Å². The first-order valence-corrected chi connectivity index (χ1v) is 6.06. The van der Waals surface area contributed by atoms with Crippen molar-refractivity contribution in [3.63, 3.8) is 0 Å². The minimum absolute atomic E-state index is 0.103. The molecule has 0 aromatic carbocycles. The van der Waals surface area contributed by atoms with Crippen molar-refractivity contribution in [1.82, 2.24) is 5.32 Å². The van der Waals surface area contributed by atoms with E-state index in [4.69, 9.17) is 4.42 Å². The summed E-state index contributed by atoms with van der Waals surface area (Å²) in [6.07, 6.45) is -14.9. The predicted octanol–water partition coefficient (Wildman–Crippen LogP) is 3.79.